The lowest BCUT2D eigenvalue weighted by molar-refractivity contribution is 0.101. The van der Waals surface area contributed by atoms with E-state index < -0.39 is 15.9 Å². The number of sulfonamides is 1. The molecule has 7 nitrogen and oxygen atoms in total. The fourth-order valence-electron chi connectivity index (χ4n) is 3.20. The molecule has 0 saturated heterocycles. The maximum Gasteiger partial charge on any atom is 0.263 e. The molecular weight excluding hydrogens is 486 g/mol. The number of nitrogens with one attached hydrogen (secondary N) is 3. The Bertz CT molecular complexity index is 1460. The zero-order valence-electron chi connectivity index (χ0n) is 18.2. The normalized spacial score (nSPS) is 10.9. The molecule has 0 saturated carbocycles. The molecule has 0 aliphatic carbocycles. The Hall–Kier alpha value is -4.14. The van der Waals surface area contributed by atoms with Crippen LogP contribution < -0.4 is 15.4 Å². The van der Waals surface area contributed by atoms with Crippen molar-refractivity contribution in [3.05, 3.63) is 119 Å². The summed E-state index contributed by atoms with van der Waals surface area (Å²) in [5.74, 6) is -0.751. The summed E-state index contributed by atoms with van der Waals surface area (Å²) in [5.41, 5.74) is 1.98. The number of amides is 2. The molecule has 0 aliphatic heterocycles. The number of benzene rings is 4. The summed E-state index contributed by atoms with van der Waals surface area (Å²) < 4.78 is 28.5. The highest BCUT2D eigenvalue weighted by Crippen LogP contribution is 2.26. The van der Waals surface area contributed by atoms with Gasteiger partial charge in [-0.25, -0.2) is 8.42 Å². The fraction of sp³-hybridized carbons (Fsp3) is 0. The third kappa shape index (κ3) is 6.06. The second kappa shape index (κ2) is 10.4. The SMILES string of the molecule is O=C(Nc1ccc(NS(=O)(=O)c2cc(C(=O)Nc3ccccc3)ccc2Cl)cc1)c1ccccc1. The predicted octanol–water partition coefficient (Wildman–Crippen LogP) is 5.65. The first-order chi connectivity index (χ1) is 16.8. The van der Waals surface area contributed by atoms with E-state index in [1.54, 1.807) is 60.7 Å². The number of halogens is 1. The number of hydrogen-bond acceptors (Lipinski definition) is 4. The van der Waals surface area contributed by atoms with Gasteiger partial charge in [-0.3, -0.25) is 14.3 Å². The topological polar surface area (TPSA) is 104 Å². The van der Waals surface area contributed by atoms with Gasteiger partial charge in [-0.1, -0.05) is 48.0 Å². The van der Waals surface area contributed by atoms with Crippen LogP contribution in [0.15, 0.2) is 108 Å². The average Bonchev–Trinajstić information content (AvgIpc) is 2.86. The van der Waals surface area contributed by atoms with Crippen LogP contribution in [0.5, 0.6) is 0 Å². The smallest absolute Gasteiger partial charge is 0.263 e. The van der Waals surface area contributed by atoms with E-state index in [9.17, 15) is 18.0 Å². The molecule has 4 aromatic rings. The van der Waals surface area contributed by atoms with Crippen LogP contribution in [0, 0.1) is 0 Å². The molecule has 35 heavy (non-hydrogen) atoms. The first-order valence-electron chi connectivity index (χ1n) is 10.5. The van der Waals surface area contributed by atoms with Gasteiger partial charge in [0.2, 0.25) is 0 Å². The van der Waals surface area contributed by atoms with Gasteiger partial charge < -0.3 is 10.6 Å². The summed E-state index contributed by atoms with van der Waals surface area (Å²) in [7, 11) is -4.10. The lowest BCUT2D eigenvalue weighted by Gasteiger charge is -2.12. The molecule has 0 radical (unpaired) electrons. The van der Waals surface area contributed by atoms with E-state index in [0.29, 0.717) is 16.9 Å². The molecule has 0 aromatic heterocycles. The summed E-state index contributed by atoms with van der Waals surface area (Å²) in [5, 5.41) is 5.43. The molecule has 0 bridgehead atoms. The Labute approximate surface area is 207 Å². The Kier molecular flexibility index (Phi) is 7.14. The van der Waals surface area contributed by atoms with Crippen LogP contribution in [-0.2, 0) is 10.0 Å². The van der Waals surface area contributed by atoms with Crippen LogP contribution in [0.4, 0.5) is 17.1 Å². The summed E-state index contributed by atoms with van der Waals surface area (Å²) in [6.45, 7) is 0. The van der Waals surface area contributed by atoms with Gasteiger partial charge in [0.05, 0.1) is 5.02 Å². The third-order valence-corrected chi connectivity index (χ3v) is 6.81. The van der Waals surface area contributed by atoms with Crippen molar-refractivity contribution in [2.75, 3.05) is 15.4 Å². The standard InChI is InChI=1S/C26H20ClN3O4S/c27-23-16-11-19(26(32)28-20-9-5-2-6-10-20)17-24(23)35(33,34)30-22-14-12-21(13-15-22)29-25(31)18-7-3-1-4-8-18/h1-17,30H,(H,28,32)(H,29,31). The minimum Gasteiger partial charge on any atom is -0.322 e. The quantitative estimate of drug-likeness (QED) is 0.302. The summed E-state index contributed by atoms with van der Waals surface area (Å²) in [6.07, 6.45) is 0. The van der Waals surface area contributed by atoms with Crippen LogP contribution in [0.3, 0.4) is 0 Å². The van der Waals surface area contributed by atoms with Crippen LogP contribution in [0.1, 0.15) is 20.7 Å². The number of carbonyl (C=O) groups is 2. The van der Waals surface area contributed by atoms with Crippen LogP contribution in [0.2, 0.25) is 5.02 Å². The second-order valence-electron chi connectivity index (χ2n) is 7.47. The Morgan fingerprint density at radius 2 is 1.11 bits per heavy atom. The molecule has 0 unspecified atom stereocenters. The van der Waals surface area contributed by atoms with Gasteiger partial charge in [0.15, 0.2) is 0 Å². The minimum atomic E-state index is -4.10. The van der Waals surface area contributed by atoms with E-state index in [-0.39, 0.29) is 27.1 Å². The molecule has 4 rings (SSSR count). The van der Waals surface area contributed by atoms with E-state index in [0.717, 1.165) is 0 Å². The van der Waals surface area contributed by atoms with E-state index in [1.165, 1.54) is 30.3 Å². The Morgan fingerprint density at radius 3 is 1.74 bits per heavy atom. The van der Waals surface area contributed by atoms with Crippen molar-refractivity contribution in [3.8, 4) is 0 Å². The minimum absolute atomic E-state index is 0.0273. The maximum absolute atomic E-state index is 13.0. The summed E-state index contributed by atoms with van der Waals surface area (Å²) in [4.78, 5) is 24.6. The van der Waals surface area contributed by atoms with Crippen molar-refractivity contribution in [2.24, 2.45) is 0 Å². The van der Waals surface area contributed by atoms with E-state index >= 15 is 0 Å². The van der Waals surface area contributed by atoms with Crippen LogP contribution >= 0.6 is 11.6 Å². The highest BCUT2D eigenvalue weighted by atomic mass is 35.5. The lowest BCUT2D eigenvalue weighted by atomic mass is 10.2. The monoisotopic (exact) mass is 505 g/mol. The van der Waals surface area contributed by atoms with Crippen molar-refractivity contribution in [1.82, 2.24) is 0 Å². The molecule has 0 fully saturated rings. The predicted molar refractivity (Wildman–Crippen MR) is 137 cm³/mol. The van der Waals surface area contributed by atoms with Crippen molar-refractivity contribution in [1.29, 1.82) is 0 Å². The fourth-order valence-corrected chi connectivity index (χ4v) is 4.79. The van der Waals surface area contributed by atoms with Gasteiger partial charge in [0, 0.05) is 28.2 Å². The second-order valence-corrected chi connectivity index (χ2v) is 9.53. The molecule has 0 heterocycles. The van der Waals surface area contributed by atoms with Crippen LogP contribution in [0.25, 0.3) is 0 Å². The third-order valence-electron chi connectivity index (χ3n) is 4.95. The first kappa shape index (κ1) is 24.0. The van der Waals surface area contributed by atoms with Gasteiger partial charge in [0.1, 0.15) is 4.90 Å². The molecule has 0 spiro atoms. The number of para-hydroxylation sites is 1. The number of anilines is 3. The van der Waals surface area contributed by atoms with Crippen molar-refractivity contribution < 1.29 is 18.0 Å². The maximum atomic E-state index is 13.0. The van der Waals surface area contributed by atoms with E-state index in [2.05, 4.69) is 15.4 Å². The van der Waals surface area contributed by atoms with Gasteiger partial charge in [-0.05, 0) is 66.7 Å². The molecule has 0 atom stereocenters. The van der Waals surface area contributed by atoms with E-state index in [4.69, 9.17) is 11.6 Å². The molecule has 2 amide bonds. The Morgan fingerprint density at radius 1 is 0.600 bits per heavy atom. The lowest BCUT2D eigenvalue weighted by Crippen LogP contribution is -2.16. The highest BCUT2D eigenvalue weighted by Gasteiger charge is 2.21. The number of rotatable bonds is 7. The van der Waals surface area contributed by atoms with Gasteiger partial charge >= 0.3 is 0 Å². The van der Waals surface area contributed by atoms with Crippen molar-refractivity contribution >= 4 is 50.5 Å². The molecule has 4 aromatic carbocycles. The summed E-state index contributed by atoms with van der Waals surface area (Å²) >= 11 is 6.15. The Balaban J connectivity index is 1.48. The largest absolute Gasteiger partial charge is 0.322 e. The molecule has 3 N–H and O–H groups in total. The van der Waals surface area contributed by atoms with Crippen LogP contribution in [-0.4, -0.2) is 20.2 Å². The molecule has 0 aliphatic rings. The molecule has 9 heteroatoms. The zero-order valence-corrected chi connectivity index (χ0v) is 19.8. The molecular formula is C26H20ClN3O4S. The van der Waals surface area contributed by atoms with Gasteiger partial charge in [0.25, 0.3) is 21.8 Å². The first-order valence-corrected chi connectivity index (χ1v) is 12.3. The highest BCUT2D eigenvalue weighted by molar-refractivity contribution is 7.92. The number of hydrogen-bond donors (Lipinski definition) is 3. The van der Waals surface area contributed by atoms with Crippen molar-refractivity contribution in [2.45, 2.75) is 4.90 Å². The zero-order chi connectivity index (χ0) is 24.8. The number of carbonyl (C=O) groups excluding carboxylic acids is 2. The molecule has 176 valence electrons. The van der Waals surface area contributed by atoms with Crippen molar-refractivity contribution in [3.63, 3.8) is 0 Å². The van der Waals surface area contributed by atoms with E-state index in [1.807, 2.05) is 12.1 Å². The average molecular weight is 506 g/mol. The summed E-state index contributed by atoms with van der Waals surface area (Å²) in [6, 6.07) is 27.7. The van der Waals surface area contributed by atoms with Gasteiger partial charge in [-0.15, -0.1) is 0 Å². The van der Waals surface area contributed by atoms with Gasteiger partial charge in [-0.2, -0.15) is 0 Å².